The molecule has 2 atom stereocenters. The lowest BCUT2D eigenvalue weighted by Gasteiger charge is -2.28. The molecular formula is C17H31Cl3N6O. The van der Waals surface area contributed by atoms with Gasteiger partial charge in [-0.05, 0) is 46.1 Å². The summed E-state index contributed by atoms with van der Waals surface area (Å²) in [5, 5.41) is 13.5. The number of aromatic nitrogens is 4. The second-order valence-electron chi connectivity index (χ2n) is 6.39. The van der Waals surface area contributed by atoms with Crippen LogP contribution < -0.4 is 10.2 Å². The summed E-state index contributed by atoms with van der Waals surface area (Å²) in [5.41, 5.74) is 1.76. The molecule has 156 valence electrons. The molecule has 1 saturated heterocycles. The summed E-state index contributed by atoms with van der Waals surface area (Å²) in [7, 11) is 0. The number of anilines is 1. The maximum Gasteiger partial charge on any atom is 0.165 e. The predicted octanol–water partition coefficient (Wildman–Crippen LogP) is 2.83. The first kappa shape index (κ1) is 26.1. The molecule has 1 aliphatic heterocycles. The van der Waals surface area contributed by atoms with Gasteiger partial charge in [-0.15, -0.1) is 37.2 Å². The molecule has 0 saturated carbocycles. The third kappa shape index (κ3) is 6.06. The molecule has 2 N–H and O–H groups in total. The number of aryl methyl sites for hydroxylation is 1. The number of hydrogen-bond acceptors (Lipinski definition) is 6. The Labute approximate surface area is 179 Å². The third-order valence-corrected chi connectivity index (χ3v) is 4.91. The van der Waals surface area contributed by atoms with Gasteiger partial charge in [0.2, 0.25) is 0 Å². The monoisotopic (exact) mass is 440 g/mol. The zero-order chi connectivity index (χ0) is 16.9. The molecule has 3 heterocycles. The Bertz CT molecular complexity index is 667. The minimum Gasteiger partial charge on any atom is -0.392 e. The molecule has 7 nitrogen and oxygen atoms in total. The van der Waals surface area contributed by atoms with Crippen molar-refractivity contribution >= 4 is 54.2 Å². The van der Waals surface area contributed by atoms with E-state index in [0.717, 1.165) is 68.8 Å². The van der Waals surface area contributed by atoms with Crippen LogP contribution in [0.5, 0.6) is 0 Å². The van der Waals surface area contributed by atoms with E-state index in [1.165, 1.54) is 0 Å². The van der Waals surface area contributed by atoms with E-state index in [-0.39, 0.29) is 49.4 Å². The molecule has 0 radical (unpaired) electrons. The predicted molar refractivity (Wildman–Crippen MR) is 117 cm³/mol. The smallest absolute Gasteiger partial charge is 0.165 e. The van der Waals surface area contributed by atoms with E-state index in [1.807, 2.05) is 6.33 Å². The van der Waals surface area contributed by atoms with E-state index in [1.54, 1.807) is 6.33 Å². The molecule has 10 heteroatoms. The minimum absolute atomic E-state index is 0. The van der Waals surface area contributed by atoms with Crippen molar-refractivity contribution in [2.75, 3.05) is 24.5 Å². The number of fused-ring (bicyclic) bond motifs is 1. The maximum atomic E-state index is 10.0. The Hall–Kier alpha value is -0.860. The van der Waals surface area contributed by atoms with Gasteiger partial charge in [-0.2, -0.15) is 0 Å². The van der Waals surface area contributed by atoms with E-state index in [0.29, 0.717) is 0 Å². The van der Waals surface area contributed by atoms with Crippen LogP contribution in [0.2, 0.25) is 0 Å². The summed E-state index contributed by atoms with van der Waals surface area (Å²) in [6.07, 6.45) is 7.20. The Balaban J connectivity index is 0.00000225. The van der Waals surface area contributed by atoms with Gasteiger partial charge in [-0.1, -0.05) is 0 Å². The number of aliphatic hydroxyl groups is 1. The molecule has 1 aliphatic rings. The van der Waals surface area contributed by atoms with Crippen LogP contribution in [0.1, 0.15) is 39.5 Å². The Kier molecular flexibility index (Phi) is 12.2. The summed E-state index contributed by atoms with van der Waals surface area (Å²) >= 11 is 0. The molecule has 2 aromatic rings. The second-order valence-corrected chi connectivity index (χ2v) is 6.39. The maximum absolute atomic E-state index is 10.0. The SMILES string of the molecule is CCN(CC)c1ncnc2c1ncn2CCC[C@H]1NCCC[C@@H]1O.Cl.Cl.Cl. The largest absolute Gasteiger partial charge is 0.392 e. The molecule has 0 unspecified atom stereocenters. The highest BCUT2D eigenvalue weighted by atomic mass is 35.5. The van der Waals surface area contributed by atoms with Crippen molar-refractivity contribution in [2.24, 2.45) is 0 Å². The fourth-order valence-electron chi connectivity index (χ4n) is 3.50. The van der Waals surface area contributed by atoms with Gasteiger partial charge in [0.25, 0.3) is 0 Å². The number of nitrogens with one attached hydrogen (secondary N) is 1. The summed E-state index contributed by atoms with van der Waals surface area (Å²) in [5.74, 6) is 0.910. The van der Waals surface area contributed by atoms with E-state index < -0.39 is 0 Å². The van der Waals surface area contributed by atoms with Crippen LogP contribution >= 0.6 is 37.2 Å². The standard InChI is InChI=1S/C17H28N6O.3ClH/c1-3-22(4-2)16-15-17(20-11-19-16)23(12-21-15)10-6-7-13-14(24)8-5-9-18-13;;;/h11-14,18,24H,3-10H2,1-2H3;3*1H/t13-,14+;;;/m1.../s1. The number of hydrogen-bond donors (Lipinski definition) is 2. The average Bonchev–Trinajstić information content (AvgIpc) is 3.02. The van der Waals surface area contributed by atoms with Gasteiger partial charge in [0.1, 0.15) is 6.33 Å². The summed E-state index contributed by atoms with van der Waals surface area (Å²) in [6, 6.07) is 0.217. The lowest BCUT2D eigenvalue weighted by atomic mass is 9.97. The van der Waals surface area contributed by atoms with Gasteiger partial charge in [0.05, 0.1) is 12.4 Å². The highest BCUT2D eigenvalue weighted by Crippen LogP contribution is 2.22. The van der Waals surface area contributed by atoms with Crippen molar-refractivity contribution in [3.05, 3.63) is 12.7 Å². The molecule has 2 aromatic heterocycles. The number of halogens is 3. The van der Waals surface area contributed by atoms with E-state index >= 15 is 0 Å². The van der Waals surface area contributed by atoms with E-state index in [9.17, 15) is 5.11 Å². The van der Waals surface area contributed by atoms with Gasteiger partial charge in [-0.25, -0.2) is 15.0 Å². The zero-order valence-electron chi connectivity index (χ0n) is 15.9. The minimum atomic E-state index is -0.213. The third-order valence-electron chi connectivity index (χ3n) is 4.91. The quantitative estimate of drug-likeness (QED) is 0.688. The normalized spacial score (nSPS) is 18.9. The number of imidazole rings is 1. The van der Waals surface area contributed by atoms with Gasteiger partial charge in [0.15, 0.2) is 17.0 Å². The molecule has 0 aliphatic carbocycles. The average molecular weight is 442 g/mol. The fourth-order valence-corrected chi connectivity index (χ4v) is 3.50. The Morgan fingerprint density at radius 3 is 2.59 bits per heavy atom. The van der Waals surface area contributed by atoms with Crippen molar-refractivity contribution in [3.63, 3.8) is 0 Å². The first-order valence-electron chi connectivity index (χ1n) is 9.06. The van der Waals surface area contributed by atoms with E-state index in [2.05, 4.69) is 43.6 Å². The van der Waals surface area contributed by atoms with Crippen molar-refractivity contribution in [1.29, 1.82) is 0 Å². The molecule has 0 amide bonds. The first-order chi connectivity index (χ1) is 11.7. The van der Waals surface area contributed by atoms with Crippen molar-refractivity contribution in [1.82, 2.24) is 24.8 Å². The van der Waals surface area contributed by atoms with Crippen LogP contribution in [0.25, 0.3) is 11.2 Å². The van der Waals surface area contributed by atoms with Crippen LogP contribution in [-0.2, 0) is 6.54 Å². The van der Waals surface area contributed by atoms with E-state index in [4.69, 9.17) is 0 Å². The van der Waals surface area contributed by atoms with Gasteiger partial charge in [0, 0.05) is 25.7 Å². The molecular weight excluding hydrogens is 411 g/mol. The first-order valence-corrected chi connectivity index (χ1v) is 9.06. The van der Waals surface area contributed by atoms with Crippen molar-refractivity contribution in [2.45, 2.75) is 58.2 Å². The van der Waals surface area contributed by atoms with Crippen LogP contribution in [0.3, 0.4) is 0 Å². The molecule has 0 aromatic carbocycles. The molecule has 3 rings (SSSR count). The Morgan fingerprint density at radius 2 is 1.93 bits per heavy atom. The molecule has 0 bridgehead atoms. The highest BCUT2D eigenvalue weighted by molar-refractivity contribution is 5.86. The van der Waals surface area contributed by atoms with Gasteiger partial charge >= 0.3 is 0 Å². The summed E-state index contributed by atoms with van der Waals surface area (Å²) in [6.45, 7) is 7.92. The lowest BCUT2D eigenvalue weighted by molar-refractivity contribution is 0.0909. The van der Waals surface area contributed by atoms with Crippen molar-refractivity contribution < 1.29 is 5.11 Å². The van der Waals surface area contributed by atoms with Crippen LogP contribution in [0.15, 0.2) is 12.7 Å². The van der Waals surface area contributed by atoms with Crippen LogP contribution in [0, 0.1) is 0 Å². The second kappa shape index (κ2) is 12.6. The highest BCUT2D eigenvalue weighted by Gasteiger charge is 2.22. The molecule has 1 fully saturated rings. The number of piperidine rings is 1. The van der Waals surface area contributed by atoms with Gasteiger partial charge in [-0.3, -0.25) is 0 Å². The van der Waals surface area contributed by atoms with Crippen LogP contribution in [0.4, 0.5) is 5.82 Å². The lowest BCUT2D eigenvalue weighted by Crippen LogP contribution is -2.44. The fraction of sp³-hybridized carbons (Fsp3) is 0.706. The topological polar surface area (TPSA) is 79.1 Å². The van der Waals surface area contributed by atoms with Crippen LogP contribution in [-0.4, -0.2) is 56.4 Å². The zero-order valence-corrected chi connectivity index (χ0v) is 18.3. The Morgan fingerprint density at radius 1 is 1.19 bits per heavy atom. The number of nitrogens with zero attached hydrogens (tertiary/aromatic N) is 5. The molecule has 27 heavy (non-hydrogen) atoms. The van der Waals surface area contributed by atoms with Crippen molar-refractivity contribution in [3.8, 4) is 0 Å². The number of aliphatic hydroxyl groups excluding tert-OH is 1. The number of rotatable bonds is 7. The van der Waals surface area contributed by atoms with Gasteiger partial charge < -0.3 is 19.9 Å². The summed E-state index contributed by atoms with van der Waals surface area (Å²) < 4.78 is 2.10. The summed E-state index contributed by atoms with van der Waals surface area (Å²) in [4.78, 5) is 15.6. The molecule has 0 spiro atoms.